The minimum absolute atomic E-state index is 0.351. The quantitative estimate of drug-likeness (QED) is 0.634. The number of hydrogen-bond acceptors (Lipinski definition) is 5. The fraction of sp³-hybridized carbons (Fsp3) is 0.556. The van der Waals surface area contributed by atoms with Crippen LogP contribution >= 0.6 is 0 Å². The Morgan fingerprint density at radius 1 is 0.844 bits per heavy atom. The van der Waals surface area contributed by atoms with Gasteiger partial charge in [0.15, 0.2) is 0 Å². The van der Waals surface area contributed by atoms with Gasteiger partial charge in [0.2, 0.25) is 0 Å². The van der Waals surface area contributed by atoms with Crippen LogP contribution in [0.5, 0.6) is 11.5 Å². The number of aryl methyl sites for hydroxylation is 1. The molecule has 1 atom stereocenters. The molecule has 174 valence electrons. The number of likely N-dealkylation sites (tertiary alicyclic amines) is 2. The van der Waals surface area contributed by atoms with Gasteiger partial charge < -0.3 is 14.6 Å². The average Bonchev–Trinajstić information content (AvgIpc) is 3.24. The molecule has 0 saturated carbocycles. The Balaban J connectivity index is 1.23. The van der Waals surface area contributed by atoms with Crippen LogP contribution < -0.4 is 9.47 Å². The van der Waals surface area contributed by atoms with E-state index >= 15 is 0 Å². The molecule has 2 aliphatic rings. The Morgan fingerprint density at radius 3 is 2.44 bits per heavy atom. The van der Waals surface area contributed by atoms with E-state index in [1.807, 2.05) is 24.3 Å². The number of nitrogens with zero attached hydrogens (tertiary/aromatic N) is 2. The summed E-state index contributed by atoms with van der Waals surface area (Å²) < 4.78 is 11.9. The largest absolute Gasteiger partial charge is 0.492 e. The number of benzene rings is 2. The SMILES string of the molecule is Cc1ccc(OC[C@]2(O)CCCN(Cc3cccc(OCCN4CCCC4)c3)CC2)cc1. The van der Waals surface area contributed by atoms with Gasteiger partial charge in [0.05, 0.1) is 5.60 Å². The van der Waals surface area contributed by atoms with Gasteiger partial charge in [-0.3, -0.25) is 9.80 Å². The van der Waals surface area contributed by atoms with E-state index in [0.29, 0.717) is 6.61 Å². The minimum Gasteiger partial charge on any atom is -0.492 e. The summed E-state index contributed by atoms with van der Waals surface area (Å²) in [6.07, 6.45) is 5.11. The lowest BCUT2D eigenvalue weighted by molar-refractivity contribution is -0.0168. The predicted octanol–water partition coefficient (Wildman–Crippen LogP) is 4.27. The third-order valence-corrected chi connectivity index (χ3v) is 6.72. The topological polar surface area (TPSA) is 45.2 Å². The molecule has 2 fully saturated rings. The molecule has 0 spiro atoms. The van der Waals surface area contributed by atoms with E-state index in [-0.39, 0.29) is 0 Å². The first-order chi connectivity index (χ1) is 15.6. The standard InChI is InChI=1S/C27H38N2O3/c1-23-8-10-25(11-9-23)32-22-27(30)12-5-16-29(17-13-27)21-24-6-4-7-26(20-24)31-19-18-28-14-2-3-15-28/h4,6-11,20,30H,2-3,5,12-19,21-22H2,1H3/t27-/m0/s1. The van der Waals surface area contributed by atoms with E-state index in [4.69, 9.17) is 9.47 Å². The van der Waals surface area contributed by atoms with Crippen LogP contribution in [0.15, 0.2) is 48.5 Å². The Morgan fingerprint density at radius 2 is 1.62 bits per heavy atom. The smallest absolute Gasteiger partial charge is 0.119 e. The first kappa shape index (κ1) is 23.1. The van der Waals surface area contributed by atoms with E-state index < -0.39 is 5.60 Å². The van der Waals surface area contributed by atoms with Gasteiger partial charge in [0.25, 0.3) is 0 Å². The molecule has 2 heterocycles. The van der Waals surface area contributed by atoms with Crippen molar-refractivity contribution in [1.82, 2.24) is 9.80 Å². The van der Waals surface area contributed by atoms with Gasteiger partial charge in [-0.15, -0.1) is 0 Å². The molecule has 5 nitrogen and oxygen atoms in total. The Labute approximate surface area is 192 Å². The predicted molar refractivity (Wildman–Crippen MR) is 128 cm³/mol. The van der Waals surface area contributed by atoms with E-state index in [9.17, 15) is 5.11 Å². The molecule has 0 bridgehead atoms. The second kappa shape index (κ2) is 11.2. The molecule has 0 aromatic heterocycles. The third kappa shape index (κ3) is 6.96. The third-order valence-electron chi connectivity index (χ3n) is 6.72. The molecule has 1 N–H and O–H groups in total. The van der Waals surface area contributed by atoms with Crippen LogP contribution in [0.25, 0.3) is 0 Å². The molecule has 32 heavy (non-hydrogen) atoms. The highest BCUT2D eigenvalue weighted by atomic mass is 16.5. The van der Waals surface area contributed by atoms with Crippen LogP contribution in [0.1, 0.15) is 43.2 Å². The van der Waals surface area contributed by atoms with Crippen molar-refractivity contribution in [2.45, 2.75) is 51.2 Å². The Kier molecular flexibility index (Phi) is 8.06. The molecule has 2 aromatic rings. The van der Waals surface area contributed by atoms with E-state index in [1.165, 1.54) is 37.1 Å². The highest BCUT2D eigenvalue weighted by Gasteiger charge is 2.31. The Hall–Kier alpha value is -2.08. The fourth-order valence-electron chi connectivity index (χ4n) is 4.68. The summed E-state index contributed by atoms with van der Waals surface area (Å²) >= 11 is 0. The van der Waals surface area contributed by atoms with Crippen LogP contribution in [0, 0.1) is 6.92 Å². The monoisotopic (exact) mass is 438 g/mol. The zero-order chi connectivity index (χ0) is 22.2. The van der Waals surface area contributed by atoms with E-state index in [1.54, 1.807) is 0 Å². The molecule has 5 heteroatoms. The summed E-state index contributed by atoms with van der Waals surface area (Å²) in [6.45, 7) is 9.35. The fourth-order valence-corrected chi connectivity index (χ4v) is 4.68. The minimum atomic E-state index is -0.764. The summed E-state index contributed by atoms with van der Waals surface area (Å²) in [4.78, 5) is 4.91. The molecular formula is C27H38N2O3. The zero-order valence-corrected chi connectivity index (χ0v) is 19.5. The maximum atomic E-state index is 11.1. The van der Waals surface area contributed by atoms with E-state index in [2.05, 4.69) is 41.0 Å². The van der Waals surface area contributed by atoms with E-state index in [0.717, 1.165) is 63.5 Å². The maximum Gasteiger partial charge on any atom is 0.119 e. The van der Waals surface area contributed by atoms with Gasteiger partial charge in [-0.25, -0.2) is 0 Å². The second-order valence-corrected chi connectivity index (χ2v) is 9.50. The maximum absolute atomic E-state index is 11.1. The van der Waals surface area contributed by atoms with Crippen LogP contribution in [-0.4, -0.2) is 66.4 Å². The summed E-state index contributed by atoms with van der Waals surface area (Å²) in [5.41, 5.74) is 1.72. The van der Waals surface area contributed by atoms with Crippen molar-refractivity contribution < 1.29 is 14.6 Å². The zero-order valence-electron chi connectivity index (χ0n) is 19.5. The first-order valence-corrected chi connectivity index (χ1v) is 12.2. The molecule has 0 amide bonds. The number of hydrogen-bond donors (Lipinski definition) is 1. The number of ether oxygens (including phenoxy) is 2. The lowest BCUT2D eigenvalue weighted by Gasteiger charge is -2.27. The lowest BCUT2D eigenvalue weighted by atomic mass is 9.96. The highest BCUT2D eigenvalue weighted by Crippen LogP contribution is 2.25. The number of rotatable bonds is 9. The van der Waals surface area contributed by atoms with Crippen molar-refractivity contribution in [3.63, 3.8) is 0 Å². The molecule has 2 aromatic carbocycles. The summed E-state index contributed by atoms with van der Waals surface area (Å²) in [5, 5.41) is 11.1. The summed E-state index contributed by atoms with van der Waals surface area (Å²) in [7, 11) is 0. The normalized spacial score (nSPS) is 22.6. The van der Waals surface area contributed by atoms with Crippen LogP contribution in [0.4, 0.5) is 0 Å². The van der Waals surface area contributed by atoms with Crippen LogP contribution in [0.3, 0.4) is 0 Å². The molecule has 0 radical (unpaired) electrons. The average molecular weight is 439 g/mol. The molecule has 4 rings (SSSR count). The van der Waals surface area contributed by atoms with Gasteiger partial charge in [-0.1, -0.05) is 29.8 Å². The highest BCUT2D eigenvalue weighted by molar-refractivity contribution is 5.28. The van der Waals surface area contributed by atoms with Gasteiger partial charge in [0.1, 0.15) is 24.7 Å². The molecule has 2 aliphatic heterocycles. The first-order valence-electron chi connectivity index (χ1n) is 12.2. The summed E-state index contributed by atoms with van der Waals surface area (Å²) in [5.74, 6) is 1.78. The van der Waals surface area contributed by atoms with Crippen molar-refractivity contribution in [3.05, 3.63) is 59.7 Å². The van der Waals surface area contributed by atoms with Crippen molar-refractivity contribution in [2.24, 2.45) is 0 Å². The second-order valence-electron chi connectivity index (χ2n) is 9.50. The molecular weight excluding hydrogens is 400 g/mol. The van der Waals surface area contributed by atoms with Gasteiger partial charge in [-0.05, 0) is 88.5 Å². The van der Waals surface area contributed by atoms with Gasteiger partial charge in [0, 0.05) is 19.6 Å². The molecule has 2 saturated heterocycles. The Bertz CT molecular complexity index is 835. The summed E-state index contributed by atoms with van der Waals surface area (Å²) in [6, 6.07) is 16.5. The molecule has 0 unspecified atom stereocenters. The lowest BCUT2D eigenvalue weighted by Crippen LogP contribution is -2.37. The number of aliphatic hydroxyl groups is 1. The van der Waals surface area contributed by atoms with Crippen molar-refractivity contribution in [1.29, 1.82) is 0 Å². The molecule has 0 aliphatic carbocycles. The van der Waals surface area contributed by atoms with Gasteiger partial charge >= 0.3 is 0 Å². The van der Waals surface area contributed by atoms with Gasteiger partial charge in [-0.2, -0.15) is 0 Å². The van der Waals surface area contributed by atoms with Crippen molar-refractivity contribution in [2.75, 3.05) is 45.9 Å². The van der Waals surface area contributed by atoms with Crippen molar-refractivity contribution in [3.8, 4) is 11.5 Å². The van der Waals surface area contributed by atoms with Crippen LogP contribution in [0.2, 0.25) is 0 Å². The van der Waals surface area contributed by atoms with Crippen LogP contribution in [-0.2, 0) is 6.54 Å². The van der Waals surface area contributed by atoms with Crippen molar-refractivity contribution >= 4 is 0 Å².